The van der Waals surface area contributed by atoms with Gasteiger partial charge in [0.15, 0.2) is 0 Å². The normalized spacial score (nSPS) is 11.2. The number of esters is 1. The van der Waals surface area contributed by atoms with Crippen molar-refractivity contribution in [3.05, 3.63) is 29.3 Å². The molecule has 1 rings (SSSR count). The molecular formula is C15H18O4. The van der Waals surface area contributed by atoms with Gasteiger partial charge in [0, 0.05) is 11.5 Å². The fraction of sp³-hybridized carbons (Fsp3) is 0.400. The number of ether oxygens (including phenoxy) is 2. The minimum Gasteiger partial charge on any atom is -0.496 e. The summed E-state index contributed by atoms with van der Waals surface area (Å²) in [6.45, 7) is 2.01. The summed E-state index contributed by atoms with van der Waals surface area (Å²) in [5.74, 6) is 5.89. The fourth-order valence-electron chi connectivity index (χ4n) is 1.51. The number of hydrogen-bond acceptors (Lipinski definition) is 4. The summed E-state index contributed by atoms with van der Waals surface area (Å²) in [5, 5.41) is 9.07. The first-order valence-corrected chi connectivity index (χ1v) is 6.05. The maximum atomic E-state index is 11.5. The number of hydrogen-bond donors (Lipinski definition) is 1. The van der Waals surface area contributed by atoms with E-state index >= 15 is 0 Å². The standard InChI is InChI=1S/C15H18O4/c1-4-11(10-16)5-6-12-7-8-13(15(17)19-3)14(9-12)18-2/h7-9,11,16H,4,10H2,1-3H3. The Kier molecular flexibility index (Phi) is 5.91. The Morgan fingerprint density at radius 1 is 1.42 bits per heavy atom. The lowest BCUT2D eigenvalue weighted by Crippen LogP contribution is -2.04. The van der Waals surface area contributed by atoms with Gasteiger partial charge in [-0.1, -0.05) is 18.8 Å². The van der Waals surface area contributed by atoms with Gasteiger partial charge >= 0.3 is 5.97 Å². The van der Waals surface area contributed by atoms with Gasteiger partial charge in [-0.15, -0.1) is 0 Å². The zero-order valence-corrected chi connectivity index (χ0v) is 11.4. The highest BCUT2D eigenvalue weighted by molar-refractivity contribution is 5.92. The van der Waals surface area contributed by atoms with Crippen LogP contribution in [0.5, 0.6) is 5.75 Å². The van der Waals surface area contributed by atoms with Crippen LogP contribution in [0, 0.1) is 17.8 Å². The summed E-state index contributed by atoms with van der Waals surface area (Å²) in [5.41, 5.74) is 1.10. The van der Waals surface area contributed by atoms with Gasteiger partial charge < -0.3 is 14.6 Å². The van der Waals surface area contributed by atoms with E-state index in [1.807, 2.05) is 6.92 Å². The minimum absolute atomic E-state index is 0.0359. The van der Waals surface area contributed by atoms with Crippen LogP contribution in [0.15, 0.2) is 18.2 Å². The van der Waals surface area contributed by atoms with Crippen molar-refractivity contribution in [1.29, 1.82) is 0 Å². The van der Waals surface area contributed by atoms with E-state index in [4.69, 9.17) is 9.84 Å². The Labute approximate surface area is 113 Å². The van der Waals surface area contributed by atoms with Crippen LogP contribution in [0.1, 0.15) is 29.3 Å². The van der Waals surface area contributed by atoms with Crippen LogP contribution in [-0.2, 0) is 4.74 Å². The SMILES string of the molecule is CCC(C#Cc1ccc(C(=O)OC)c(OC)c1)CO. The molecule has 1 atom stereocenters. The highest BCUT2D eigenvalue weighted by atomic mass is 16.5. The number of benzene rings is 1. The molecule has 1 N–H and O–H groups in total. The molecule has 0 amide bonds. The average molecular weight is 262 g/mol. The average Bonchev–Trinajstić information content (AvgIpc) is 2.47. The molecule has 19 heavy (non-hydrogen) atoms. The predicted molar refractivity (Wildman–Crippen MR) is 72.1 cm³/mol. The highest BCUT2D eigenvalue weighted by Gasteiger charge is 2.12. The van der Waals surface area contributed by atoms with Gasteiger partial charge in [-0.05, 0) is 24.6 Å². The summed E-state index contributed by atoms with van der Waals surface area (Å²) in [6.07, 6.45) is 0.793. The molecule has 1 unspecified atom stereocenters. The fourth-order valence-corrected chi connectivity index (χ4v) is 1.51. The monoisotopic (exact) mass is 262 g/mol. The summed E-state index contributed by atoms with van der Waals surface area (Å²) in [6, 6.07) is 5.03. The largest absolute Gasteiger partial charge is 0.496 e. The van der Waals surface area contributed by atoms with Crippen molar-refractivity contribution >= 4 is 5.97 Å². The van der Waals surface area contributed by atoms with E-state index in [1.54, 1.807) is 18.2 Å². The van der Waals surface area contributed by atoms with E-state index in [-0.39, 0.29) is 12.5 Å². The van der Waals surface area contributed by atoms with Gasteiger partial charge in [0.2, 0.25) is 0 Å². The van der Waals surface area contributed by atoms with Crippen LogP contribution in [0.3, 0.4) is 0 Å². The molecule has 102 valence electrons. The smallest absolute Gasteiger partial charge is 0.341 e. The van der Waals surface area contributed by atoms with E-state index in [9.17, 15) is 4.79 Å². The Bertz CT molecular complexity index is 493. The van der Waals surface area contributed by atoms with E-state index in [0.29, 0.717) is 11.3 Å². The summed E-state index contributed by atoms with van der Waals surface area (Å²) in [4.78, 5) is 11.5. The molecule has 0 aromatic heterocycles. The molecule has 0 saturated carbocycles. The molecular weight excluding hydrogens is 244 g/mol. The van der Waals surface area contributed by atoms with E-state index in [1.165, 1.54) is 14.2 Å². The van der Waals surface area contributed by atoms with Gasteiger partial charge in [0.25, 0.3) is 0 Å². The lowest BCUT2D eigenvalue weighted by atomic mass is 10.1. The molecule has 0 spiro atoms. The third kappa shape index (κ3) is 4.01. The van der Waals surface area contributed by atoms with Crippen LogP contribution >= 0.6 is 0 Å². The Balaban J connectivity index is 3.03. The van der Waals surface area contributed by atoms with Crippen LogP contribution in [0.2, 0.25) is 0 Å². The van der Waals surface area contributed by atoms with E-state index < -0.39 is 5.97 Å². The first-order valence-electron chi connectivity index (χ1n) is 6.05. The highest BCUT2D eigenvalue weighted by Crippen LogP contribution is 2.20. The lowest BCUT2D eigenvalue weighted by molar-refractivity contribution is 0.0597. The van der Waals surface area contributed by atoms with Gasteiger partial charge in [-0.2, -0.15) is 0 Å². The summed E-state index contributed by atoms with van der Waals surface area (Å²) >= 11 is 0. The van der Waals surface area contributed by atoms with Gasteiger partial charge in [0.05, 0.1) is 20.8 Å². The molecule has 0 fully saturated rings. The second-order valence-corrected chi connectivity index (χ2v) is 3.96. The number of carbonyl (C=O) groups excluding carboxylic acids is 1. The molecule has 0 aliphatic carbocycles. The molecule has 4 heteroatoms. The molecule has 0 aliphatic rings. The second kappa shape index (κ2) is 7.45. The maximum absolute atomic E-state index is 11.5. The van der Waals surface area contributed by atoms with Crippen molar-refractivity contribution in [1.82, 2.24) is 0 Å². The van der Waals surface area contributed by atoms with Gasteiger partial charge in [-0.25, -0.2) is 4.79 Å². The van der Waals surface area contributed by atoms with Crippen LogP contribution in [-0.4, -0.2) is 31.9 Å². The molecule has 0 saturated heterocycles. The third-order valence-corrected chi connectivity index (χ3v) is 2.74. The number of carbonyl (C=O) groups is 1. The maximum Gasteiger partial charge on any atom is 0.341 e. The zero-order valence-electron chi connectivity index (χ0n) is 11.4. The minimum atomic E-state index is -0.446. The Morgan fingerprint density at radius 3 is 2.68 bits per heavy atom. The number of rotatable bonds is 4. The molecule has 0 bridgehead atoms. The van der Waals surface area contributed by atoms with Crippen molar-refractivity contribution in [2.24, 2.45) is 5.92 Å². The third-order valence-electron chi connectivity index (χ3n) is 2.74. The molecule has 0 heterocycles. The number of aliphatic hydroxyl groups excluding tert-OH is 1. The molecule has 4 nitrogen and oxygen atoms in total. The lowest BCUT2D eigenvalue weighted by Gasteiger charge is -2.07. The van der Waals surface area contributed by atoms with E-state index in [2.05, 4.69) is 16.6 Å². The van der Waals surface area contributed by atoms with E-state index in [0.717, 1.165) is 12.0 Å². The topological polar surface area (TPSA) is 55.8 Å². The molecule has 1 aromatic rings. The zero-order chi connectivity index (χ0) is 14.3. The second-order valence-electron chi connectivity index (χ2n) is 3.96. The van der Waals surface area contributed by atoms with Gasteiger partial charge in [-0.3, -0.25) is 0 Å². The quantitative estimate of drug-likeness (QED) is 0.664. The van der Waals surface area contributed by atoms with Crippen molar-refractivity contribution in [3.8, 4) is 17.6 Å². The molecule has 0 radical (unpaired) electrons. The number of aliphatic hydroxyl groups is 1. The summed E-state index contributed by atoms with van der Waals surface area (Å²) < 4.78 is 9.81. The predicted octanol–water partition coefficient (Wildman–Crippen LogP) is 1.85. The van der Waals surface area contributed by atoms with Crippen LogP contribution in [0.25, 0.3) is 0 Å². The van der Waals surface area contributed by atoms with Gasteiger partial charge in [0.1, 0.15) is 11.3 Å². The van der Waals surface area contributed by atoms with Crippen molar-refractivity contribution < 1.29 is 19.4 Å². The molecule has 0 aliphatic heterocycles. The number of methoxy groups -OCH3 is 2. The first kappa shape index (κ1) is 15.1. The van der Waals surface area contributed by atoms with Crippen LogP contribution < -0.4 is 4.74 Å². The Morgan fingerprint density at radius 2 is 2.16 bits per heavy atom. The van der Waals surface area contributed by atoms with Crippen molar-refractivity contribution in [2.45, 2.75) is 13.3 Å². The molecule has 1 aromatic carbocycles. The Hall–Kier alpha value is -1.99. The van der Waals surface area contributed by atoms with Crippen molar-refractivity contribution in [2.75, 3.05) is 20.8 Å². The first-order chi connectivity index (χ1) is 9.15. The van der Waals surface area contributed by atoms with Crippen molar-refractivity contribution in [3.63, 3.8) is 0 Å². The summed E-state index contributed by atoms with van der Waals surface area (Å²) in [7, 11) is 2.81. The van der Waals surface area contributed by atoms with Crippen LogP contribution in [0.4, 0.5) is 0 Å².